The highest BCUT2D eigenvalue weighted by Crippen LogP contribution is 2.27. The monoisotopic (exact) mass is 374 g/mol. The van der Waals surface area contributed by atoms with Gasteiger partial charge < -0.3 is 15.2 Å². The van der Waals surface area contributed by atoms with Gasteiger partial charge in [0.05, 0.1) is 16.2 Å². The number of hydrogen-bond donors (Lipinski definition) is 2. The molecule has 4 rings (SSSR count). The highest BCUT2D eigenvalue weighted by atomic mass is 16.6. The van der Waals surface area contributed by atoms with Crippen LogP contribution >= 0.6 is 0 Å². The molecule has 0 aliphatic heterocycles. The third-order valence-corrected chi connectivity index (χ3v) is 4.42. The van der Waals surface area contributed by atoms with Gasteiger partial charge in [-0.25, -0.2) is 4.98 Å². The van der Waals surface area contributed by atoms with Gasteiger partial charge in [-0.15, -0.1) is 0 Å². The number of nitro groups is 1. The van der Waals surface area contributed by atoms with Gasteiger partial charge in [-0.3, -0.25) is 14.9 Å². The summed E-state index contributed by atoms with van der Waals surface area (Å²) in [5.41, 5.74) is 9.00. The lowest BCUT2D eigenvalue weighted by atomic mass is 10.1. The molecule has 2 aromatic heterocycles. The number of carbonyl (C=O) groups is 1. The van der Waals surface area contributed by atoms with Crippen LogP contribution in [0, 0.1) is 10.1 Å². The number of amides is 1. The van der Waals surface area contributed by atoms with Crippen LogP contribution in [0.4, 0.5) is 5.69 Å². The molecule has 0 saturated heterocycles. The fourth-order valence-electron chi connectivity index (χ4n) is 2.97. The minimum Gasteiger partial charge on any atom is -0.507 e. The first-order chi connectivity index (χ1) is 13.4. The highest BCUT2D eigenvalue weighted by Gasteiger charge is 2.12. The normalized spacial score (nSPS) is 10.9. The van der Waals surface area contributed by atoms with Crippen molar-refractivity contribution in [1.82, 2.24) is 9.38 Å². The van der Waals surface area contributed by atoms with E-state index in [1.54, 1.807) is 24.4 Å². The third kappa shape index (κ3) is 3.03. The fraction of sp³-hybridized carbons (Fsp3) is 0. The molecule has 3 N–H and O–H groups in total. The standard InChI is InChI=1S/C20H14N4O4/c21-20(26)16-9-13(3-7-18(16)25)17-11-23-10-14(4-8-19(23)22-17)12-1-5-15(6-2-12)24(27)28/h1-11,25H,(H2,21,26). The molecule has 1 amide bonds. The van der Waals surface area contributed by atoms with E-state index < -0.39 is 10.8 Å². The number of aromatic nitrogens is 2. The van der Waals surface area contributed by atoms with Crippen LogP contribution in [0.2, 0.25) is 0 Å². The van der Waals surface area contributed by atoms with Crippen molar-refractivity contribution in [2.75, 3.05) is 0 Å². The number of imidazole rings is 1. The number of nitrogens with two attached hydrogens (primary N) is 1. The Bertz CT molecular complexity index is 1230. The number of fused-ring (bicyclic) bond motifs is 1. The van der Waals surface area contributed by atoms with Crippen molar-refractivity contribution in [2.24, 2.45) is 5.73 Å². The second-order valence-corrected chi connectivity index (χ2v) is 6.21. The first-order valence-corrected chi connectivity index (χ1v) is 8.29. The Labute approximate surface area is 158 Å². The van der Waals surface area contributed by atoms with E-state index in [1.807, 2.05) is 22.7 Å². The molecular weight excluding hydrogens is 360 g/mol. The van der Waals surface area contributed by atoms with Crippen LogP contribution in [0.15, 0.2) is 67.0 Å². The number of phenols is 1. The zero-order valence-electron chi connectivity index (χ0n) is 14.4. The summed E-state index contributed by atoms with van der Waals surface area (Å²) in [7, 11) is 0. The number of aromatic hydroxyl groups is 1. The molecule has 0 unspecified atom stereocenters. The summed E-state index contributed by atoms with van der Waals surface area (Å²) in [6.45, 7) is 0. The molecule has 8 heteroatoms. The smallest absolute Gasteiger partial charge is 0.269 e. The van der Waals surface area contributed by atoms with E-state index in [9.17, 15) is 20.0 Å². The molecule has 138 valence electrons. The molecule has 0 fully saturated rings. The summed E-state index contributed by atoms with van der Waals surface area (Å²) in [5.74, 6) is -0.899. The van der Waals surface area contributed by atoms with Gasteiger partial charge in [0.15, 0.2) is 0 Å². The van der Waals surface area contributed by atoms with E-state index in [4.69, 9.17) is 5.73 Å². The van der Waals surface area contributed by atoms with E-state index in [-0.39, 0.29) is 17.0 Å². The van der Waals surface area contributed by atoms with Gasteiger partial charge in [0.2, 0.25) is 0 Å². The zero-order valence-corrected chi connectivity index (χ0v) is 14.4. The minimum atomic E-state index is -0.719. The van der Waals surface area contributed by atoms with E-state index in [0.29, 0.717) is 16.9 Å². The van der Waals surface area contributed by atoms with Crippen LogP contribution in [-0.2, 0) is 0 Å². The van der Waals surface area contributed by atoms with Crippen LogP contribution < -0.4 is 5.73 Å². The molecule has 0 aliphatic carbocycles. The summed E-state index contributed by atoms with van der Waals surface area (Å²) in [6, 6.07) is 14.6. The Balaban J connectivity index is 1.73. The quantitative estimate of drug-likeness (QED) is 0.418. The number of carbonyl (C=O) groups excluding carboxylic acids is 1. The Morgan fingerprint density at radius 1 is 1.00 bits per heavy atom. The van der Waals surface area contributed by atoms with Crippen molar-refractivity contribution in [2.45, 2.75) is 0 Å². The Morgan fingerprint density at radius 2 is 1.68 bits per heavy atom. The molecule has 0 bridgehead atoms. The molecule has 28 heavy (non-hydrogen) atoms. The SMILES string of the molecule is NC(=O)c1cc(-c2cn3cc(-c4ccc([N+](=O)[O-])cc4)ccc3n2)ccc1O. The lowest BCUT2D eigenvalue weighted by Crippen LogP contribution is -2.11. The Morgan fingerprint density at radius 3 is 2.36 bits per heavy atom. The zero-order chi connectivity index (χ0) is 19.8. The average molecular weight is 374 g/mol. The maximum atomic E-state index is 11.4. The topological polar surface area (TPSA) is 124 Å². The van der Waals surface area contributed by atoms with Gasteiger partial charge in [0.1, 0.15) is 11.4 Å². The molecule has 0 saturated carbocycles. The van der Waals surface area contributed by atoms with Crippen LogP contribution in [-0.4, -0.2) is 25.3 Å². The molecule has 4 aromatic rings. The number of nitrogens with zero attached hydrogens (tertiary/aromatic N) is 3. The molecular formula is C20H14N4O4. The number of pyridine rings is 1. The van der Waals surface area contributed by atoms with Gasteiger partial charge in [-0.1, -0.05) is 0 Å². The van der Waals surface area contributed by atoms with Gasteiger partial charge in [0.25, 0.3) is 11.6 Å². The number of rotatable bonds is 4. The molecule has 8 nitrogen and oxygen atoms in total. The van der Waals surface area contributed by atoms with Gasteiger partial charge in [0, 0.05) is 30.1 Å². The number of hydrogen-bond acceptors (Lipinski definition) is 5. The van der Waals surface area contributed by atoms with E-state index >= 15 is 0 Å². The lowest BCUT2D eigenvalue weighted by Gasteiger charge is -2.02. The third-order valence-electron chi connectivity index (χ3n) is 4.42. The molecule has 0 atom stereocenters. The van der Waals surface area contributed by atoms with E-state index in [0.717, 1.165) is 11.1 Å². The van der Waals surface area contributed by atoms with Crippen molar-refractivity contribution >= 4 is 17.2 Å². The fourth-order valence-corrected chi connectivity index (χ4v) is 2.97. The number of benzene rings is 2. The number of non-ortho nitro benzene ring substituents is 1. The van der Waals surface area contributed by atoms with Crippen LogP contribution in [0.5, 0.6) is 5.75 Å². The molecule has 0 spiro atoms. The van der Waals surface area contributed by atoms with Crippen molar-refractivity contribution < 1.29 is 14.8 Å². The van der Waals surface area contributed by atoms with Gasteiger partial charge in [-0.05, 0) is 53.6 Å². The van der Waals surface area contributed by atoms with Crippen molar-refractivity contribution in [3.05, 3.63) is 82.7 Å². The molecule has 0 aliphatic rings. The Kier molecular flexibility index (Phi) is 4.00. The molecule has 0 radical (unpaired) electrons. The first kappa shape index (κ1) is 17.2. The van der Waals surface area contributed by atoms with Gasteiger partial charge >= 0.3 is 0 Å². The van der Waals surface area contributed by atoms with Crippen LogP contribution in [0.1, 0.15) is 10.4 Å². The van der Waals surface area contributed by atoms with E-state index in [1.165, 1.54) is 24.3 Å². The lowest BCUT2D eigenvalue weighted by molar-refractivity contribution is -0.384. The van der Waals surface area contributed by atoms with Crippen molar-refractivity contribution in [1.29, 1.82) is 0 Å². The summed E-state index contributed by atoms with van der Waals surface area (Å²) >= 11 is 0. The first-order valence-electron chi connectivity index (χ1n) is 8.29. The summed E-state index contributed by atoms with van der Waals surface area (Å²) < 4.78 is 1.82. The summed E-state index contributed by atoms with van der Waals surface area (Å²) in [4.78, 5) is 26.3. The number of primary amides is 1. The van der Waals surface area contributed by atoms with Gasteiger partial charge in [-0.2, -0.15) is 0 Å². The maximum Gasteiger partial charge on any atom is 0.269 e. The maximum absolute atomic E-state index is 11.4. The van der Waals surface area contributed by atoms with Crippen LogP contribution in [0.25, 0.3) is 28.0 Å². The minimum absolute atomic E-state index is 0.0288. The van der Waals surface area contributed by atoms with Crippen LogP contribution in [0.3, 0.4) is 0 Å². The molecule has 2 aromatic carbocycles. The largest absolute Gasteiger partial charge is 0.507 e. The molecule has 2 heterocycles. The van der Waals surface area contributed by atoms with Crippen molar-refractivity contribution in [3.63, 3.8) is 0 Å². The predicted molar refractivity (Wildman–Crippen MR) is 103 cm³/mol. The number of nitro benzene ring substituents is 1. The Hall–Kier alpha value is -4.20. The summed E-state index contributed by atoms with van der Waals surface area (Å²) in [6.07, 6.45) is 3.66. The second kappa shape index (κ2) is 6.51. The van der Waals surface area contributed by atoms with E-state index in [2.05, 4.69) is 4.98 Å². The predicted octanol–water partition coefficient (Wildman–Crippen LogP) is 3.38. The highest BCUT2D eigenvalue weighted by molar-refractivity contribution is 5.96. The van der Waals surface area contributed by atoms with Crippen molar-refractivity contribution in [3.8, 4) is 28.1 Å². The second-order valence-electron chi connectivity index (χ2n) is 6.21. The average Bonchev–Trinajstić information content (AvgIpc) is 3.11. The summed E-state index contributed by atoms with van der Waals surface area (Å²) in [5, 5.41) is 20.5.